The maximum atomic E-state index is 11.6. The molecular weight excluding hydrogens is 309 g/mol. The van der Waals surface area contributed by atoms with Gasteiger partial charge in [0.25, 0.3) is 0 Å². The molecule has 1 amide bonds. The van der Waals surface area contributed by atoms with E-state index in [4.69, 9.17) is 5.73 Å². The zero-order valence-corrected chi connectivity index (χ0v) is 14.6. The lowest BCUT2D eigenvalue weighted by Crippen LogP contribution is -2.39. The standard InChI is InChI=1S/C15H25N3O.2ClH/c1-4-18(14-8-6-5-7-12(14)2)10-9-17-15(19)13(3)11-16;;/h5-8,13H,4,9-11,16H2,1-3H3,(H,17,19);2*1H. The first-order valence-electron chi connectivity index (χ1n) is 6.88. The molecule has 0 radical (unpaired) electrons. The lowest BCUT2D eigenvalue weighted by molar-refractivity contribution is -0.124. The summed E-state index contributed by atoms with van der Waals surface area (Å²) in [5.41, 5.74) is 7.95. The molecule has 0 fully saturated rings. The summed E-state index contributed by atoms with van der Waals surface area (Å²) < 4.78 is 0. The van der Waals surface area contributed by atoms with Crippen LogP contribution in [-0.4, -0.2) is 32.1 Å². The summed E-state index contributed by atoms with van der Waals surface area (Å²) in [7, 11) is 0. The van der Waals surface area contributed by atoms with Crippen molar-refractivity contribution in [3.05, 3.63) is 29.8 Å². The molecule has 1 atom stereocenters. The van der Waals surface area contributed by atoms with Crippen LogP contribution in [0, 0.1) is 12.8 Å². The lowest BCUT2D eigenvalue weighted by atomic mass is 10.1. The molecule has 0 aliphatic carbocycles. The third-order valence-corrected chi connectivity index (χ3v) is 3.32. The second-order valence-electron chi connectivity index (χ2n) is 4.79. The van der Waals surface area contributed by atoms with Crippen LogP contribution in [0.15, 0.2) is 24.3 Å². The molecule has 3 N–H and O–H groups in total. The molecule has 1 rings (SSSR count). The van der Waals surface area contributed by atoms with E-state index in [1.165, 1.54) is 11.3 Å². The predicted octanol–water partition coefficient (Wildman–Crippen LogP) is 2.38. The van der Waals surface area contributed by atoms with Crippen LogP contribution in [0.4, 0.5) is 5.69 Å². The van der Waals surface area contributed by atoms with Gasteiger partial charge in [0.1, 0.15) is 0 Å². The highest BCUT2D eigenvalue weighted by atomic mass is 35.5. The number of anilines is 1. The number of hydrogen-bond acceptors (Lipinski definition) is 3. The molecule has 0 aliphatic heterocycles. The highest BCUT2D eigenvalue weighted by Crippen LogP contribution is 2.18. The number of carbonyl (C=O) groups is 1. The van der Waals surface area contributed by atoms with Gasteiger partial charge in [-0.05, 0) is 25.5 Å². The van der Waals surface area contributed by atoms with Crippen LogP contribution in [-0.2, 0) is 4.79 Å². The van der Waals surface area contributed by atoms with Crippen molar-refractivity contribution < 1.29 is 4.79 Å². The van der Waals surface area contributed by atoms with E-state index in [1.807, 2.05) is 19.1 Å². The van der Waals surface area contributed by atoms with Gasteiger partial charge in [0.05, 0.1) is 0 Å². The first-order valence-corrected chi connectivity index (χ1v) is 6.88. The van der Waals surface area contributed by atoms with Crippen LogP contribution in [0.5, 0.6) is 0 Å². The quantitative estimate of drug-likeness (QED) is 0.804. The van der Waals surface area contributed by atoms with Crippen LogP contribution >= 0.6 is 24.8 Å². The van der Waals surface area contributed by atoms with E-state index in [0.717, 1.165) is 13.1 Å². The predicted molar refractivity (Wildman–Crippen MR) is 94.8 cm³/mol. The Hall–Kier alpha value is -0.970. The molecule has 4 nitrogen and oxygen atoms in total. The summed E-state index contributed by atoms with van der Waals surface area (Å²) in [5.74, 6) is -0.0862. The molecule has 0 saturated heterocycles. The number of likely N-dealkylation sites (N-methyl/N-ethyl adjacent to an activating group) is 1. The first kappa shape index (κ1) is 22.3. The minimum Gasteiger partial charge on any atom is -0.370 e. The van der Waals surface area contributed by atoms with Crippen molar-refractivity contribution in [1.29, 1.82) is 0 Å². The van der Waals surface area contributed by atoms with Gasteiger partial charge in [-0.1, -0.05) is 25.1 Å². The number of nitrogens with two attached hydrogens (primary N) is 1. The molecule has 0 aromatic heterocycles. The van der Waals surface area contributed by atoms with Crippen LogP contribution < -0.4 is 16.0 Å². The molecule has 0 spiro atoms. The number of para-hydroxylation sites is 1. The van der Waals surface area contributed by atoms with Gasteiger partial charge in [-0.25, -0.2) is 0 Å². The zero-order chi connectivity index (χ0) is 14.3. The largest absolute Gasteiger partial charge is 0.370 e. The van der Waals surface area contributed by atoms with E-state index in [-0.39, 0.29) is 36.6 Å². The number of hydrogen-bond donors (Lipinski definition) is 2. The highest BCUT2D eigenvalue weighted by Gasteiger charge is 2.11. The van der Waals surface area contributed by atoms with Crippen LogP contribution in [0.1, 0.15) is 19.4 Å². The molecule has 1 aromatic rings. The molecule has 1 unspecified atom stereocenters. The summed E-state index contributed by atoms with van der Waals surface area (Å²) in [6, 6.07) is 8.30. The van der Waals surface area contributed by atoms with Gasteiger partial charge in [-0.15, -0.1) is 24.8 Å². The smallest absolute Gasteiger partial charge is 0.224 e. The monoisotopic (exact) mass is 335 g/mol. The Morgan fingerprint density at radius 2 is 1.95 bits per heavy atom. The average Bonchev–Trinajstić information content (AvgIpc) is 2.43. The van der Waals surface area contributed by atoms with Crippen LogP contribution in [0.25, 0.3) is 0 Å². The summed E-state index contributed by atoms with van der Waals surface area (Å²) in [6.45, 7) is 8.84. The SMILES string of the molecule is CCN(CCNC(=O)C(C)CN)c1ccccc1C.Cl.Cl. The van der Waals surface area contributed by atoms with E-state index in [1.54, 1.807) is 0 Å². The van der Waals surface area contributed by atoms with Gasteiger partial charge in [-0.2, -0.15) is 0 Å². The Kier molecular flexibility index (Phi) is 12.4. The third-order valence-electron chi connectivity index (χ3n) is 3.32. The summed E-state index contributed by atoms with van der Waals surface area (Å²) in [6.07, 6.45) is 0. The molecule has 21 heavy (non-hydrogen) atoms. The topological polar surface area (TPSA) is 58.4 Å². The highest BCUT2D eigenvalue weighted by molar-refractivity contribution is 5.85. The number of benzene rings is 1. The summed E-state index contributed by atoms with van der Waals surface area (Å²) in [5, 5.41) is 2.93. The minimum absolute atomic E-state index is 0. The first-order chi connectivity index (χ1) is 9.10. The number of nitrogens with zero attached hydrogens (tertiary/aromatic N) is 1. The van der Waals surface area contributed by atoms with Crippen molar-refractivity contribution in [1.82, 2.24) is 5.32 Å². The van der Waals surface area contributed by atoms with E-state index in [0.29, 0.717) is 13.1 Å². The Morgan fingerprint density at radius 1 is 1.33 bits per heavy atom. The fourth-order valence-corrected chi connectivity index (χ4v) is 1.96. The Morgan fingerprint density at radius 3 is 2.48 bits per heavy atom. The van der Waals surface area contributed by atoms with Gasteiger partial charge in [-0.3, -0.25) is 4.79 Å². The Labute approximate surface area is 140 Å². The van der Waals surface area contributed by atoms with Gasteiger partial charge < -0.3 is 16.0 Å². The molecule has 1 aromatic carbocycles. The number of rotatable bonds is 7. The second-order valence-corrected chi connectivity index (χ2v) is 4.79. The van der Waals surface area contributed by atoms with Crippen LogP contribution in [0.3, 0.4) is 0 Å². The van der Waals surface area contributed by atoms with Gasteiger partial charge >= 0.3 is 0 Å². The van der Waals surface area contributed by atoms with Crippen LogP contribution in [0.2, 0.25) is 0 Å². The number of nitrogens with one attached hydrogen (secondary N) is 1. The Bertz CT molecular complexity index is 416. The molecule has 0 bridgehead atoms. The minimum atomic E-state index is -0.117. The summed E-state index contributed by atoms with van der Waals surface area (Å²) in [4.78, 5) is 13.9. The van der Waals surface area contributed by atoms with Gasteiger partial charge in [0, 0.05) is 37.8 Å². The van der Waals surface area contributed by atoms with Crippen molar-refractivity contribution in [2.24, 2.45) is 11.7 Å². The molecule has 6 heteroatoms. The third kappa shape index (κ3) is 7.02. The maximum absolute atomic E-state index is 11.6. The van der Waals surface area contributed by atoms with Crippen molar-refractivity contribution in [3.8, 4) is 0 Å². The normalized spacial score (nSPS) is 10.9. The molecular formula is C15H27Cl2N3O. The zero-order valence-electron chi connectivity index (χ0n) is 13.0. The van der Waals surface area contributed by atoms with E-state index in [9.17, 15) is 4.79 Å². The van der Waals surface area contributed by atoms with Gasteiger partial charge in [0.15, 0.2) is 0 Å². The van der Waals surface area contributed by atoms with Crippen molar-refractivity contribution >= 4 is 36.4 Å². The van der Waals surface area contributed by atoms with Crippen molar-refractivity contribution in [2.45, 2.75) is 20.8 Å². The van der Waals surface area contributed by atoms with Gasteiger partial charge in [0.2, 0.25) is 5.91 Å². The molecule has 0 aliphatic rings. The number of amides is 1. The molecule has 122 valence electrons. The number of carbonyl (C=O) groups excluding carboxylic acids is 1. The Balaban J connectivity index is 0. The fourth-order valence-electron chi connectivity index (χ4n) is 1.96. The maximum Gasteiger partial charge on any atom is 0.224 e. The fraction of sp³-hybridized carbons (Fsp3) is 0.533. The second kappa shape index (κ2) is 11.7. The van der Waals surface area contributed by atoms with Crippen molar-refractivity contribution in [2.75, 3.05) is 31.1 Å². The molecule has 0 saturated carbocycles. The number of halogens is 2. The average molecular weight is 336 g/mol. The van der Waals surface area contributed by atoms with E-state index < -0.39 is 0 Å². The van der Waals surface area contributed by atoms with E-state index >= 15 is 0 Å². The van der Waals surface area contributed by atoms with Crippen molar-refractivity contribution in [3.63, 3.8) is 0 Å². The number of aryl methyl sites for hydroxylation is 1. The lowest BCUT2D eigenvalue weighted by Gasteiger charge is -2.25. The molecule has 0 heterocycles. The summed E-state index contributed by atoms with van der Waals surface area (Å²) >= 11 is 0. The van der Waals surface area contributed by atoms with E-state index in [2.05, 4.69) is 36.2 Å².